The fourth-order valence-corrected chi connectivity index (χ4v) is 2.67. The van der Waals surface area contributed by atoms with Crippen molar-refractivity contribution in [3.63, 3.8) is 0 Å². The van der Waals surface area contributed by atoms with Gasteiger partial charge in [-0.1, -0.05) is 6.92 Å². The average Bonchev–Trinajstić information content (AvgIpc) is 1.81. The van der Waals surface area contributed by atoms with Crippen LogP contribution in [0.2, 0.25) is 0 Å². The minimum atomic E-state index is -3.17. The predicted molar refractivity (Wildman–Crippen MR) is 49.7 cm³/mol. The summed E-state index contributed by atoms with van der Waals surface area (Å²) in [5.41, 5.74) is -1.26. The summed E-state index contributed by atoms with van der Waals surface area (Å²) in [6.07, 6.45) is 0.328. The molecule has 0 nitrogen and oxygen atoms in total. The zero-order valence-corrected chi connectivity index (χ0v) is 8.52. The Bertz CT molecular complexity index is 165. The maximum absolute atomic E-state index is 12.9. The number of alkyl halides is 3. The molecule has 12 heavy (non-hydrogen) atoms. The molecule has 0 N–H and O–H groups in total. The molecule has 0 aromatic rings. The molecule has 1 fully saturated rings. The number of hydrogen-bond acceptors (Lipinski definition) is 1. The minimum Gasteiger partial charge on any atom is -0.188 e. The molecule has 0 saturated carbocycles. The molecule has 1 aliphatic rings. The molecule has 1 heterocycles. The van der Waals surface area contributed by atoms with Gasteiger partial charge >= 0.3 is 5.38 Å². The van der Waals surface area contributed by atoms with Gasteiger partial charge in [-0.25, -0.2) is 0 Å². The molecule has 1 aliphatic heterocycles. The molecular formula is C8H12ClF2S. The van der Waals surface area contributed by atoms with Gasteiger partial charge in [0.05, 0.1) is 5.41 Å². The van der Waals surface area contributed by atoms with E-state index in [1.807, 2.05) is 0 Å². The van der Waals surface area contributed by atoms with Crippen LogP contribution in [0, 0.1) is 18.3 Å². The fourth-order valence-electron chi connectivity index (χ4n) is 1.28. The van der Waals surface area contributed by atoms with E-state index in [-0.39, 0.29) is 5.92 Å². The van der Waals surface area contributed by atoms with Crippen molar-refractivity contribution >= 4 is 23.4 Å². The van der Waals surface area contributed by atoms with Crippen molar-refractivity contribution in [1.82, 2.24) is 0 Å². The molecule has 0 aromatic heterocycles. The van der Waals surface area contributed by atoms with Gasteiger partial charge in [-0.05, 0) is 42.4 Å². The Labute approximate surface area is 81.0 Å². The van der Waals surface area contributed by atoms with Crippen molar-refractivity contribution < 1.29 is 8.78 Å². The first kappa shape index (κ1) is 10.6. The van der Waals surface area contributed by atoms with Gasteiger partial charge in [0, 0.05) is 0 Å². The van der Waals surface area contributed by atoms with Gasteiger partial charge < -0.3 is 0 Å². The van der Waals surface area contributed by atoms with Gasteiger partial charge in [-0.3, -0.25) is 0 Å². The average molecular weight is 214 g/mol. The summed E-state index contributed by atoms with van der Waals surface area (Å²) in [6, 6.07) is 0. The van der Waals surface area contributed by atoms with Gasteiger partial charge in [0.25, 0.3) is 0 Å². The van der Waals surface area contributed by atoms with Crippen LogP contribution in [0.1, 0.15) is 13.3 Å². The van der Waals surface area contributed by atoms with Crippen LogP contribution < -0.4 is 0 Å². The highest BCUT2D eigenvalue weighted by molar-refractivity contribution is 8.00. The summed E-state index contributed by atoms with van der Waals surface area (Å²) < 4.78 is 25.9. The molecule has 4 heteroatoms. The molecule has 1 unspecified atom stereocenters. The Morgan fingerprint density at radius 2 is 2.08 bits per heavy atom. The molecule has 1 rings (SSSR count). The van der Waals surface area contributed by atoms with E-state index in [1.165, 1.54) is 0 Å². The number of rotatable bonds is 3. The van der Waals surface area contributed by atoms with E-state index in [1.54, 1.807) is 18.7 Å². The van der Waals surface area contributed by atoms with E-state index in [4.69, 9.17) is 11.6 Å². The largest absolute Gasteiger partial charge is 0.327 e. The van der Waals surface area contributed by atoms with E-state index < -0.39 is 10.8 Å². The maximum Gasteiger partial charge on any atom is 0.327 e. The lowest BCUT2D eigenvalue weighted by molar-refractivity contribution is -0.0493. The Hall–Kier alpha value is 0.500. The second kappa shape index (κ2) is 3.33. The highest BCUT2D eigenvalue weighted by Crippen LogP contribution is 2.52. The van der Waals surface area contributed by atoms with E-state index in [0.29, 0.717) is 6.42 Å². The van der Waals surface area contributed by atoms with Crippen LogP contribution in [-0.4, -0.2) is 16.9 Å². The predicted octanol–water partition coefficient (Wildman–Crippen LogP) is 3.41. The van der Waals surface area contributed by atoms with E-state index >= 15 is 0 Å². The third kappa shape index (κ3) is 1.58. The van der Waals surface area contributed by atoms with Crippen LogP contribution in [0.15, 0.2) is 0 Å². The van der Waals surface area contributed by atoms with Crippen molar-refractivity contribution in [2.45, 2.75) is 18.7 Å². The summed E-state index contributed by atoms with van der Waals surface area (Å²) in [4.78, 5) is 0. The summed E-state index contributed by atoms with van der Waals surface area (Å²) in [5.74, 6) is 1.50. The second-order valence-electron chi connectivity index (χ2n) is 3.24. The molecule has 1 atom stereocenters. The van der Waals surface area contributed by atoms with Gasteiger partial charge in [0.15, 0.2) is 0 Å². The topological polar surface area (TPSA) is 0 Å². The quantitative estimate of drug-likeness (QED) is 0.648. The summed E-state index contributed by atoms with van der Waals surface area (Å²) in [7, 11) is 0. The van der Waals surface area contributed by atoms with Crippen molar-refractivity contribution in [1.29, 1.82) is 0 Å². The molecule has 0 amide bonds. The molecule has 0 spiro atoms. The smallest absolute Gasteiger partial charge is 0.188 e. The number of hydrogen-bond donors (Lipinski definition) is 0. The lowest BCUT2D eigenvalue weighted by atomic mass is 9.76. The van der Waals surface area contributed by atoms with Gasteiger partial charge in [-0.2, -0.15) is 20.5 Å². The monoisotopic (exact) mass is 213 g/mol. The first-order chi connectivity index (χ1) is 5.42. The molecule has 1 radical (unpaired) electrons. The van der Waals surface area contributed by atoms with E-state index in [9.17, 15) is 8.78 Å². The van der Waals surface area contributed by atoms with Crippen LogP contribution >= 0.6 is 23.4 Å². The molecule has 0 aromatic carbocycles. The first-order valence-corrected chi connectivity index (χ1v) is 5.45. The molecule has 71 valence electrons. The SMILES string of the molecule is [CH2]C(CC)(C1CSC1)C(F)(F)Cl. The molecule has 0 bridgehead atoms. The van der Waals surface area contributed by atoms with Crippen LogP contribution in [0.4, 0.5) is 8.78 Å². The maximum atomic E-state index is 12.9. The fraction of sp³-hybridized carbons (Fsp3) is 0.875. The second-order valence-corrected chi connectivity index (χ2v) is 4.79. The lowest BCUT2D eigenvalue weighted by Crippen LogP contribution is -2.46. The van der Waals surface area contributed by atoms with Crippen LogP contribution in [0.3, 0.4) is 0 Å². The van der Waals surface area contributed by atoms with Crippen molar-refractivity contribution in [2.24, 2.45) is 11.3 Å². The van der Waals surface area contributed by atoms with Crippen molar-refractivity contribution in [3.8, 4) is 0 Å². The first-order valence-electron chi connectivity index (χ1n) is 3.91. The highest BCUT2D eigenvalue weighted by atomic mass is 35.5. The Morgan fingerprint density at radius 3 is 2.17 bits per heavy atom. The van der Waals surface area contributed by atoms with Crippen LogP contribution in [0.5, 0.6) is 0 Å². The minimum absolute atomic E-state index is 0.0278. The van der Waals surface area contributed by atoms with Gasteiger partial charge in [0.1, 0.15) is 0 Å². The molecule has 0 aliphatic carbocycles. The Balaban J connectivity index is 2.73. The third-order valence-electron chi connectivity index (χ3n) is 2.62. The summed E-state index contributed by atoms with van der Waals surface area (Å²) in [5, 5.41) is -3.17. The zero-order chi connectivity index (χ0) is 9.41. The highest BCUT2D eigenvalue weighted by Gasteiger charge is 2.54. The van der Waals surface area contributed by atoms with Crippen LogP contribution in [-0.2, 0) is 0 Å². The number of halogens is 3. The Kier molecular flexibility index (Phi) is 2.94. The van der Waals surface area contributed by atoms with Crippen molar-refractivity contribution in [3.05, 3.63) is 6.92 Å². The lowest BCUT2D eigenvalue weighted by Gasteiger charge is -2.43. The van der Waals surface area contributed by atoms with Gasteiger partial charge in [0.2, 0.25) is 0 Å². The summed E-state index contributed by atoms with van der Waals surface area (Å²) in [6.45, 7) is 5.30. The Morgan fingerprint density at radius 1 is 1.58 bits per heavy atom. The number of thioether (sulfide) groups is 1. The van der Waals surface area contributed by atoms with Gasteiger partial charge in [-0.15, -0.1) is 0 Å². The zero-order valence-electron chi connectivity index (χ0n) is 6.95. The van der Waals surface area contributed by atoms with E-state index in [0.717, 1.165) is 11.5 Å². The van der Waals surface area contributed by atoms with Crippen LogP contribution in [0.25, 0.3) is 0 Å². The standard InChI is InChI=1S/C8H12ClF2S/c1-3-7(2,8(9,10)11)6-4-12-5-6/h6H,2-5H2,1H3. The molecular weight excluding hydrogens is 202 g/mol. The van der Waals surface area contributed by atoms with E-state index in [2.05, 4.69) is 6.92 Å². The third-order valence-corrected chi connectivity index (χ3v) is 4.27. The normalized spacial score (nSPS) is 24.8. The molecule has 1 saturated heterocycles. The van der Waals surface area contributed by atoms with Crippen molar-refractivity contribution in [2.75, 3.05) is 11.5 Å². The summed E-state index contributed by atoms with van der Waals surface area (Å²) >= 11 is 6.71.